The van der Waals surface area contributed by atoms with Gasteiger partial charge in [0, 0.05) is 47.9 Å². The second-order valence-electron chi connectivity index (χ2n) is 12.2. The number of anilines is 1. The number of ether oxygens (including phenoxy) is 1. The van der Waals surface area contributed by atoms with Crippen molar-refractivity contribution in [2.75, 3.05) is 18.4 Å². The molecule has 2 aliphatic rings. The Bertz CT molecular complexity index is 1960. The summed E-state index contributed by atoms with van der Waals surface area (Å²) in [5, 5.41) is 12.6. The molecule has 0 radical (unpaired) electrons. The number of rotatable bonds is 5. The molecular weight excluding hydrogens is 611 g/mol. The van der Waals surface area contributed by atoms with Crippen molar-refractivity contribution in [3.05, 3.63) is 66.1 Å². The minimum absolute atomic E-state index is 0.0516. The quantitative estimate of drug-likeness (QED) is 0.302. The second kappa shape index (κ2) is 10.4. The molecule has 234 valence electrons. The number of carbonyl (C=O) groups is 1. The molecule has 0 unspecified atom stereocenters. The maximum Gasteiger partial charge on any atom is 0.419 e. The largest absolute Gasteiger partial charge is 0.444 e. The molecule has 4 heterocycles. The number of alkyl halides is 3. The highest BCUT2D eigenvalue weighted by molar-refractivity contribution is 7.90. The Labute approximate surface area is 256 Å². The molecule has 1 atom stereocenters. The Hall–Kier alpha value is -4.71. The average Bonchev–Trinajstić information content (AvgIpc) is 3.33. The standard InChI is InChI=1S/C30H28F3N7O4S/c1-28(2,3)44-27(41)39-16-29(17-39)12-11-23(29)37-26-35-14-22(30(31,32)33)24(38-26)21-15-40(25-20(21)10-9-18(13-34)36-25)45(42,43)19-7-5-4-6-8-19/h4-10,14-15,23H,11-12,16-17H2,1-3H3,(H,35,37,38)/t23-/m1/s1. The number of pyridine rings is 1. The van der Waals surface area contributed by atoms with Crippen LogP contribution in [0.1, 0.15) is 44.9 Å². The number of amides is 1. The number of aromatic nitrogens is 4. The number of likely N-dealkylation sites (tertiary alicyclic amines) is 1. The van der Waals surface area contributed by atoms with Gasteiger partial charge in [0.2, 0.25) is 5.95 Å². The van der Waals surface area contributed by atoms with Crippen molar-refractivity contribution in [2.24, 2.45) is 5.41 Å². The van der Waals surface area contributed by atoms with Crippen LogP contribution >= 0.6 is 0 Å². The van der Waals surface area contributed by atoms with Gasteiger partial charge in [0.15, 0.2) is 5.65 Å². The van der Waals surface area contributed by atoms with E-state index in [4.69, 9.17) is 4.74 Å². The van der Waals surface area contributed by atoms with Gasteiger partial charge in [0.25, 0.3) is 10.0 Å². The molecule has 11 nitrogen and oxygen atoms in total. The highest BCUT2D eigenvalue weighted by atomic mass is 32.2. The van der Waals surface area contributed by atoms with Gasteiger partial charge in [-0.3, -0.25) is 0 Å². The average molecular weight is 640 g/mol. The van der Waals surface area contributed by atoms with Gasteiger partial charge in [-0.25, -0.2) is 32.1 Å². The van der Waals surface area contributed by atoms with E-state index in [-0.39, 0.29) is 44.6 Å². The first-order chi connectivity index (χ1) is 21.1. The van der Waals surface area contributed by atoms with Gasteiger partial charge in [-0.2, -0.15) is 18.4 Å². The Morgan fingerprint density at radius 2 is 1.82 bits per heavy atom. The number of nitrogens with one attached hydrogen (secondary N) is 1. The first kappa shape index (κ1) is 30.3. The SMILES string of the molecule is CC(C)(C)OC(=O)N1CC2(CC[C@H]2Nc2ncc(C(F)(F)F)c(-c3cn(S(=O)(=O)c4ccccc4)c4nc(C#N)ccc34)n2)C1. The van der Waals surface area contributed by atoms with Crippen LogP contribution in [0.3, 0.4) is 0 Å². The summed E-state index contributed by atoms with van der Waals surface area (Å²) >= 11 is 0. The van der Waals surface area contributed by atoms with E-state index in [1.807, 2.05) is 6.07 Å². The van der Waals surface area contributed by atoms with Crippen LogP contribution in [0.4, 0.5) is 23.9 Å². The number of benzene rings is 1. The Kier molecular flexibility index (Phi) is 7.03. The number of hydrogen-bond donors (Lipinski definition) is 1. The predicted molar refractivity (Wildman–Crippen MR) is 156 cm³/mol. The van der Waals surface area contributed by atoms with Crippen molar-refractivity contribution in [3.63, 3.8) is 0 Å². The fourth-order valence-electron chi connectivity index (χ4n) is 5.70. The molecule has 1 aromatic carbocycles. The lowest BCUT2D eigenvalue weighted by Crippen LogP contribution is -2.70. The molecule has 0 bridgehead atoms. The summed E-state index contributed by atoms with van der Waals surface area (Å²) in [6.07, 6.45) is -2.11. The zero-order valence-electron chi connectivity index (χ0n) is 24.5. The third-order valence-electron chi connectivity index (χ3n) is 8.02. The lowest BCUT2D eigenvalue weighted by Gasteiger charge is -2.60. The van der Waals surface area contributed by atoms with Gasteiger partial charge in [-0.1, -0.05) is 18.2 Å². The monoisotopic (exact) mass is 639 g/mol. The normalized spacial score (nSPS) is 17.8. The number of fused-ring (bicyclic) bond motifs is 1. The topological polar surface area (TPSA) is 143 Å². The third kappa shape index (κ3) is 5.43. The van der Waals surface area contributed by atoms with Crippen LogP contribution in [-0.2, 0) is 20.9 Å². The lowest BCUT2D eigenvalue weighted by atomic mass is 9.59. The number of halogens is 3. The van der Waals surface area contributed by atoms with E-state index in [2.05, 4.69) is 20.3 Å². The number of nitrogens with zero attached hydrogens (tertiary/aromatic N) is 6. The number of nitriles is 1. The molecule has 1 aliphatic heterocycles. The van der Waals surface area contributed by atoms with Crippen molar-refractivity contribution in [1.82, 2.24) is 23.8 Å². The zero-order valence-corrected chi connectivity index (χ0v) is 25.3. The number of carbonyl (C=O) groups excluding carboxylic acids is 1. The molecule has 1 N–H and O–H groups in total. The third-order valence-corrected chi connectivity index (χ3v) is 9.69. The predicted octanol–water partition coefficient (Wildman–Crippen LogP) is 5.43. The van der Waals surface area contributed by atoms with Crippen molar-refractivity contribution < 1.29 is 31.1 Å². The maximum absolute atomic E-state index is 14.3. The fraction of sp³-hybridized carbons (Fsp3) is 0.367. The van der Waals surface area contributed by atoms with Crippen LogP contribution < -0.4 is 5.32 Å². The van der Waals surface area contributed by atoms with E-state index in [0.717, 1.165) is 16.6 Å². The lowest BCUT2D eigenvalue weighted by molar-refractivity contribution is -0.137. The zero-order chi connectivity index (χ0) is 32.4. The summed E-state index contributed by atoms with van der Waals surface area (Å²) in [4.78, 5) is 26.3. The summed E-state index contributed by atoms with van der Waals surface area (Å²) in [5.74, 6) is -0.0776. The molecule has 4 aromatic rings. The van der Waals surface area contributed by atoms with Gasteiger partial charge < -0.3 is 15.0 Å². The molecule has 2 fully saturated rings. The molecule has 6 rings (SSSR count). The van der Waals surface area contributed by atoms with Crippen molar-refractivity contribution >= 4 is 33.1 Å². The molecule has 45 heavy (non-hydrogen) atoms. The fourth-order valence-corrected chi connectivity index (χ4v) is 7.04. The van der Waals surface area contributed by atoms with Gasteiger partial charge in [0.1, 0.15) is 22.9 Å². The summed E-state index contributed by atoms with van der Waals surface area (Å²) < 4.78 is 76.4. The summed E-state index contributed by atoms with van der Waals surface area (Å²) in [6, 6.07) is 11.6. The molecule has 1 aliphatic carbocycles. The molecule has 15 heteroatoms. The Morgan fingerprint density at radius 1 is 1.11 bits per heavy atom. The smallest absolute Gasteiger partial charge is 0.419 e. The molecule has 1 amide bonds. The number of hydrogen-bond acceptors (Lipinski definition) is 9. The molecule has 1 saturated heterocycles. The van der Waals surface area contributed by atoms with E-state index in [9.17, 15) is 31.6 Å². The molecule has 1 spiro atoms. The van der Waals surface area contributed by atoms with Gasteiger partial charge in [-0.15, -0.1) is 0 Å². The van der Waals surface area contributed by atoms with Crippen molar-refractivity contribution in [1.29, 1.82) is 5.26 Å². The molecular formula is C30H28F3N7O4S. The Balaban J connectivity index is 1.39. The van der Waals surface area contributed by atoms with Crippen LogP contribution in [0.15, 0.2) is 59.8 Å². The van der Waals surface area contributed by atoms with Crippen LogP contribution in [0, 0.1) is 16.7 Å². The second-order valence-corrected chi connectivity index (χ2v) is 14.0. The van der Waals surface area contributed by atoms with Gasteiger partial charge >= 0.3 is 12.3 Å². The van der Waals surface area contributed by atoms with E-state index in [1.54, 1.807) is 31.7 Å². The van der Waals surface area contributed by atoms with Crippen LogP contribution in [0.2, 0.25) is 0 Å². The van der Waals surface area contributed by atoms with Crippen LogP contribution in [0.5, 0.6) is 0 Å². The minimum atomic E-state index is -4.87. The first-order valence-corrected chi connectivity index (χ1v) is 15.5. The highest BCUT2D eigenvalue weighted by Gasteiger charge is 2.57. The van der Waals surface area contributed by atoms with E-state index in [1.165, 1.54) is 36.4 Å². The summed E-state index contributed by atoms with van der Waals surface area (Å²) in [6.45, 7) is 6.18. The Morgan fingerprint density at radius 3 is 2.42 bits per heavy atom. The van der Waals surface area contributed by atoms with E-state index >= 15 is 0 Å². The van der Waals surface area contributed by atoms with Crippen LogP contribution in [-0.4, -0.2) is 63.1 Å². The maximum atomic E-state index is 14.3. The van der Waals surface area contributed by atoms with E-state index < -0.39 is 39.2 Å². The van der Waals surface area contributed by atoms with Crippen molar-refractivity contribution in [2.45, 2.75) is 56.3 Å². The van der Waals surface area contributed by atoms with Crippen LogP contribution in [0.25, 0.3) is 22.3 Å². The van der Waals surface area contributed by atoms with E-state index in [0.29, 0.717) is 25.7 Å². The molecule has 3 aromatic heterocycles. The minimum Gasteiger partial charge on any atom is -0.444 e. The van der Waals surface area contributed by atoms with Crippen molar-refractivity contribution in [3.8, 4) is 17.3 Å². The first-order valence-electron chi connectivity index (χ1n) is 14.0. The highest BCUT2D eigenvalue weighted by Crippen LogP contribution is 2.50. The summed E-state index contributed by atoms with van der Waals surface area (Å²) in [5.41, 5.74) is -3.13. The molecule has 1 saturated carbocycles. The van der Waals surface area contributed by atoms with Gasteiger partial charge in [-0.05, 0) is 57.9 Å². The van der Waals surface area contributed by atoms with Gasteiger partial charge in [0.05, 0.1) is 10.6 Å². The summed E-state index contributed by atoms with van der Waals surface area (Å²) in [7, 11) is -4.32.